The van der Waals surface area contributed by atoms with Gasteiger partial charge in [-0.05, 0) is 13.0 Å². The summed E-state index contributed by atoms with van der Waals surface area (Å²) in [6.45, 7) is 1.19. The molecule has 0 saturated heterocycles. The molecular formula is C26H24O10. The average molecular weight is 496 g/mol. The summed E-state index contributed by atoms with van der Waals surface area (Å²) in [6, 6.07) is 4.45. The highest BCUT2D eigenvalue weighted by Gasteiger charge is 2.48. The molecule has 2 aliphatic carbocycles. The predicted molar refractivity (Wildman–Crippen MR) is 122 cm³/mol. The van der Waals surface area contributed by atoms with Gasteiger partial charge in [-0.25, -0.2) is 0 Å². The number of aliphatic hydroxyl groups is 2. The minimum atomic E-state index is -1.97. The van der Waals surface area contributed by atoms with Crippen LogP contribution in [0.15, 0.2) is 30.2 Å². The van der Waals surface area contributed by atoms with E-state index < -0.39 is 64.4 Å². The van der Waals surface area contributed by atoms with Gasteiger partial charge in [-0.15, -0.1) is 0 Å². The Labute approximate surface area is 205 Å². The van der Waals surface area contributed by atoms with Crippen LogP contribution in [0.5, 0.6) is 17.2 Å². The van der Waals surface area contributed by atoms with Crippen molar-refractivity contribution in [3.63, 3.8) is 0 Å². The van der Waals surface area contributed by atoms with Crippen molar-refractivity contribution in [2.24, 2.45) is 0 Å². The highest BCUT2D eigenvalue weighted by molar-refractivity contribution is 6.31. The number of methoxy groups -OCH3 is 1. The van der Waals surface area contributed by atoms with Crippen LogP contribution in [0.2, 0.25) is 0 Å². The third-order valence-corrected chi connectivity index (χ3v) is 7.04. The molecule has 3 aliphatic rings. The number of Topliss-reactive ketones (excluding diaryl/α,β-unsaturated/α-hetero) is 1. The average Bonchev–Trinajstić information content (AvgIpc) is 2.85. The predicted octanol–water partition coefficient (Wildman–Crippen LogP) is 2.74. The standard InChI is InChI=1S/C26H24O10/c1-11(27)26(33)8-14-19(16(9-26)36-17-7-6-12(28)10-35-17)25(32)21-20(23(14)30)22(29)13-4-3-5-15(34-2)18(13)24(21)31/h3-5,10,16-17,28,30,32-33H,6-9H2,1-2H3/t16-,17?,26-/m0/s1. The van der Waals surface area contributed by atoms with Crippen LogP contribution in [0.4, 0.5) is 0 Å². The van der Waals surface area contributed by atoms with Crippen LogP contribution in [0, 0.1) is 0 Å². The molecule has 0 amide bonds. The quantitative estimate of drug-likeness (QED) is 0.396. The zero-order valence-corrected chi connectivity index (χ0v) is 19.5. The maximum Gasteiger partial charge on any atom is 0.202 e. The van der Waals surface area contributed by atoms with E-state index in [4.69, 9.17) is 14.2 Å². The van der Waals surface area contributed by atoms with E-state index in [1.165, 1.54) is 32.2 Å². The van der Waals surface area contributed by atoms with Gasteiger partial charge >= 0.3 is 0 Å². The van der Waals surface area contributed by atoms with E-state index in [-0.39, 0.29) is 53.0 Å². The number of carbonyl (C=O) groups excluding carboxylic acids is 3. The van der Waals surface area contributed by atoms with Crippen LogP contribution in [0.25, 0.3) is 0 Å². The lowest BCUT2D eigenvalue weighted by atomic mass is 9.72. The lowest BCUT2D eigenvalue weighted by molar-refractivity contribution is -0.177. The Bertz CT molecular complexity index is 1360. The minimum Gasteiger partial charge on any atom is -0.509 e. The van der Waals surface area contributed by atoms with Crippen molar-refractivity contribution >= 4 is 17.3 Å². The molecule has 3 atom stereocenters. The number of carbonyl (C=O) groups is 3. The molecule has 1 aliphatic heterocycles. The van der Waals surface area contributed by atoms with E-state index in [9.17, 15) is 34.8 Å². The number of aromatic hydroxyl groups is 2. The first-order chi connectivity index (χ1) is 17.1. The number of hydrogen-bond donors (Lipinski definition) is 4. The van der Waals surface area contributed by atoms with Gasteiger partial charge in [0, 0.05) is 42.4 Å². The Kier molecular flexibility index (Phi) is 5.53. The number of hydrogen-bond acceptors (Lipinski definition) is 10. The van der Waals surface area contributed by atoms with Crippen LogP contribution in [0.1, 0.15) is 75.3 Å². The van der Waals surface area contributed by atoms with Crippen molar-refractivity contribution in [3.05, 3.63) is 63.6 Å². The second-order valence-electron chi connectivity index (χ2n) is 9.19. The highest BCUT2D eigenvalue weighted by atomic mass is 16.7. The van der Waals surface area contributed by atoms with Crippen molar-refractivity contribution in [2.75, 3.05) is 7.11 Å². The van der Waals surface area contributed by atoms with Gasteiger partial charge in [-0.1, -0.05) is 12.1 Å². The number of aliphatic hydroxyl groups excluding tert-OH is 1. The Morgan fingerprint density at radius 2 is 1.81 bits per heavy atom. The highest BCUT2D eigenvalue weighted by Crippen LogP contribution is 2.52. The molecule has 2 aromatic rings. The van der Waals surface area contributed by atoms with Gasteiger partial charge in [0.1, 0.15) is 34.9 Å². The molecule has 0 bridgehead atoms. The largest absolute Gasteiger partial charge is 0.509 e. The zero-order chi connectivity index (χ0) is 25.9. The first-order valence-corrected chi connectivity index (χ1v) is 11.4. The molecule has 5 rings (SSSR count). The van der Waals surface area contributed by atoms with E-state index in [1.807, 2.05) is 0 Å². The number of rotatable bonds is 4. The molecule has 0 radical (unpaired) electrons. The maximum atomic E-state index is 13.6. The molecule has 1 heterocycles. The molecule has 0 aromatic heterocycles. The van der Waals surface area contributed by atoms with Crippen molar-refractivity contribution in [1.82, 2.24) is 0 Å². The fourth-order valence-electron chi connectivity index (χ4n) is 5.13. The molecule has 10 nitrogen and oxygen atoms in total. The van der Waals surface area contributed by atoms with E-state index in [2.05, 4.69) is 0 Å². The second-order valence-corrected chi connectivity index (χ2v) is 9.19. The normalized spacial score (nSPS) is 24.7. The molecule has 0 spiro atoms. The van der Waals surface area contributed by atoms with Gasteiger partial charge < -0.3 is 34.6 Å². The lowest BCUT2D eigenvalue weighted by Crippen LogP contribution is -2.45. The van der Waals surface area contributed by atoms with Crippen molar-refractivity contribution in [3.8, 4) is 17.2 Å². The maximum absolute atomic E-state index is 13.6. The SMILES string of the molecule is COc1cccc2c1C(=O)c1c(O)c3c(c(O)c1C2=O)C[C@@](O)(C(C)=O)C[C@@H]3OC1CCC(O)=CO1. The van der Waals surface area contributed by atoms with Gasteiger partial charge in [0.05, 0.1) is 29.9 Å². The van der Waals surface area contributed by atoms with E-state index in [0.29, 0.717) is 0 Å². The summed E-state index contributed by atoms with van der Waals surface area (Å²) in [6.07, 6.45) is -1.16. The van der Waals surface area contributed by atoms with Crippen LogP contribution in [-0.2, 0) is 20.7 Å². The summed E-state index contributed by atoms with van der Waals surface area (Å²) in [5.41, 5.74) is -2.92. The number of allylic oxidation sites excluding steroid dienone is 1. The van der Waals surface area contributed by atoms with Crippen molar-refractivity contribution in [2.45, 2.75) is 50.6 Å². The Morgan fingerprint density at radius 3 is 2.44 bits per heavy atom. The summed E-state index contributed by atoms with van der Waals surface area (Å²) in [4.78, 5) is 39.4. The summed E-state index contributed by atoms with van der Waals surface area (Å²) in [5.74, 6) is -3.07. The molecule has 10 heteroatoms. The summed E-state index contributed by atoms with van der Waals surface area (Å²) >= 11 is 0. The fraction of sp³-hybridized carbons (Fsp3) is 0.346. The zero-order valence-electron chi connectivity index (χ0n) is 19.5. The molecule has 36 heavy (non-hydrogen) atoms. The summed E-state index contributed by atoms with van der Waals surface area (Å²) in [7, 11) is 1.34. The minimum absolute atomic E-state index is 0.00543. The third kappa shape index (κ3) is 3.44. The first-order valence-electron chi connectivity index (χ1n) is 11.4. The number of benzene rings is 2. The Morgan fingerprint density at radius 1 is 1.08 bits per heavy atom. The fourth-order valence-corrected chi connectivity index (χ4v) is 5.13. The van der Waals surface area contributed by atoms with Gasteiger partial charge in [0.2, 0.25) is 5.78 Å². The van der Waals surface area contributed by atoms with E-state index in [1.54, 1.807) is 0 Å². The Balaban J connectivity index is 1.71. The van der Waals surface area contributed by atoms with Crippen LogP contribution >= 0.6 is 0 Å². The van der Waals surface area contributed by atoms with Gasteiger partial charge in [-0.2, -0.15) is 0 Å². The third-order valence-electron chi connectivity index (χ3n) is 7.04. The summed E-state index contributed by atoms with van der Waals surface area (Å²) < 4.78 is 16.6. The van der Waals surface area contributed by atoms with Crippen molar-refractivity contribution < 1.29 is 49.0 Å². The molecule has 0 fully saturated rings. The van der Waals surface area contributed by atoms with Crippen LogP contribution in [-0.4, -0.2) is 56.8 Å². The Hall–Kier alpha value is -3.89. The van der Waals surface area contributed by atoms with E-state index in [0.717, 1.165) is 6.26 Å². The van der Waals surface area contributed by atoms with Crippen molar-refractivity contribution in [1.29, 1.82) is 0 Å². The smallest absolute Gasteiger partial charge is 0.202 e. The second kappa shape index (κ2) is 8.35. The van der Waals surface area contributed by atoms with Crippen LogP contribution < -0.4 is 4.74 Å². The number of ether oxygens (including phenoxy) is 3. The summed E-state index contributed by atoms with van der Waals surface area (Å²) in [5, 5.41) is 43.3. The topological polar surface area (TPSA) is 160 Å². The van der Waals surface area contributed by atoms with Gasteiger partial charge in [0.15, 0.2) is 17.9 Å². The van der Waals surface area contributed by atoms with Gasteiger partial charge in [-0.3, -0.25) is 14.4 Å². The molecule has 4 N–H and O–H groups in total. The number of phenols is 2. The van der Waals surface area contributed by atoms with Gasteiger partial charge in [0.25, 0.3) is 0 Å². The monoisotopic (exact) mass is 496 g/mol. The number of ketones is 3. The first kappa shape index (κ1) is 23.8. The number of fused-ring (bicyclic) bond motifs is 3. The molecule has 2 aromatic carbocycles. The molecular weight excluding hydrogens is 472 g/mol. The van der Waals surface area contributed by atoms with Crippen LogP contribution in [0.3, 0.4) is 0 Å². The molecule has 1 unspecified atom stereocenters. The molecule has 0 saturated carbocycles. The van der Waals surface area contributed by atoms with E-state index >= 15 is 0 Å². The number of phenolic OH excluding ortho intramolecular Hbond substituents is 2. The lowest BCUT2D eigenvalue weighted by Gasteiger charge is -2.39. The molecule has 188 valence electrons.